The predicted octanol–water partition coefficient (Wildman–Crippen LogP) is 14.8. The SMILES string of the molecule is CCCCCCOc1ccc(-c2c(=O)oc3cccc4c5c(-c6ccc(OCCCCCC)c(OCCCCCC)c6)c(=O)oc6cccc(c2c34)c65)cc1OCCCCCC. The molecule has 7 aromatic rings. The molecule has 62 heavy (non-hydrogen) atoms. The first kappa shape index (κ1) is 44.6. The van der Waals surface area contributed by atoms with Gasteiger partial charge in [0, 0.05) is 21.5 Å². The molecule has 8 heteroatoms. The maximum Gasteiger partial charge on any atom is 0.344 e. The highest BCUT2D eigenvalue weighted by Gasteiger charge is 2.26. The van der Waals surface area contributed by atoms with Gasteiger partial charge in [0.15, 0.2) is 23.0 Å². The molecule has 0 N–H and O–H groups in total. The van der Waals surface area contributed by atoms with Gasteiger partial charge in [-0.05, 0) is 84.0 Å². The van der Waals surface area contributed by atoms with Crippen LogP contribution in [0.1, 0.15) is 130 Å². The van der Waals surface area contributed by atoms with Crippen LogP contribution in [-0.2, 0) is 0 Å². The molecular weight excluding hydrogens is 777 g/mol. The molecule has 0 aliphatic rings. The molecule has 0 radical (unpaired) electrons. The van der Waals surface area contributed by atoms with E-state index >= 15 is 0 Å². The maximum absolute atomic E-state index is 14.3. The fourth-order valence-corrected chi connectivity index (χ4v) is 8.62. The molecule has 0 spiro atoms. The minimum absolute atomic E-state index is 0.417. The zero-order valence-electron chi connectivity index (χ0n) is 37.3. The summed E-state index contributed by atoms with van der Waals surface area (Å²) in [7, 11) is 0. The Morgan fingerprint density at radius 2 is 0.742 bits per heavy atom. The van der Waals surface area contributed by atoms with Crippen LogP contribution < -0.4 is 30.2 Å². The topological polar surface area (TPSA) is 97.3 Å². The summed E-state index contributed by atoms with van der Waals surface area (Å²) in [5, 5.41) is 4.54. The third-order valence-electron chi connectivity index (χ3n) is 11.9. The fraction of sp³-hybridized carbons (Fsp3) is 0.444. The zero-order chi connectivity index (χ0) is 43.3. The highest BCUT2D eigenvalue weighted by Crippen LogP contribution is 2.47. The number of hydrogen-bond donors (Lipinski definition) is 0. The molecule has 7 rings (SSSR count). The molecule has 0 aliphatic carbocycles. The van der Waals surface area contributed by atoms with Crippen molar-refractivity contribution in [3.05, 3.63) is 93.6 Å². The Bertz CT molecular complexity index is 2470. The van der Waals surface area contributed by atoms with E-state index in [1.54, 1.807) is 0 Å². The normalized spacial score (nSPS) is 11.7. The molecule has 5 aromatic carbocycles. The van der Waals surface area contributed by atoms with Crippen molar-refractivity contribution in [2.24, 2.45) is 0 Å². The number of ether oxygens (including phenoxy) is 4. The van der Waals surface area contributed by atoms with Gasteiger partial charge in [-0.1, -0.05) is 141 Å². The average molecular weight is 841 g/mol. The molecular formula is C54H64O8. The highest BCUT2D eigenvalue weighted by molar-refractivity contribution is 6.36. The van der Waals surface area contributed by atoms with Gasteiger partial charge in [0.05, 0.1) is 37.6 Å². The second-order valence-corrected chi connectivity index (χ2v) is 16.6. The molecule has 0 unspecified atom stereocenters. The molecule has 8 nitrogen and oxygen atoms in total. The van der Waals surface area contributed by atoms with Crippen molar-refractivity contribution < 1.29 is 27.8 Å². The van der Waals surface area contributed by atoms with Crippen LogP contribution in [0.25, 0.3) is 65.7 Å². The van der Waals surface area contributed by atoms with Crippen molar-refractivity contribution in [3.8, 4) is 45.3 Å². The van der Waals surface area contributed by atoms with Crippen LogP contribution in [0.2, 0.25) is 0 Å². The molecule has 0 fully saturated rings. The van der Waals surface area contributed by atoms with Crippen LogP contribution in [0, 0.1) is 0 Å². The van der Waals surface area contributed by atoms with Crippen LogP contribution in [0.5, 0.6) is 23.0 Å². The standard InChI is InChI=1S/C54H64O8/c1-5-9-13-17-31-57-41-29-27-37(35-45(41)59-33-19-15-11-7-3)47-51-39-23-21-26-44-50(39)52(40-24-22-25-43(49(40)51)61-53(47)55)48(54(56)62-44)38-28-30-42(58-32-18-14-10-6-2)46(36-38)60-34-20-16-12-8-4/h21-30,35-36H,5-20,31-34H2,1-4H3. The molecule has 2 heterocycles. The monoisotopic (exact) mass is 840 g/mol. The maximum atomic E-state index is 14.3. The molecule has 0 aliphatic heterocycles. The molecule has 0 amide bonds. The lowest BCUT2D eigenvalue weighted by Gasteiger charge is -2.19. The van der Waals surface area contributed by atoms with Crippen LogP contribution in [-0.4, -0.2) is 26.4 Å². The fourth-order valence-electron chi connectivity index (χ4n) is 8.62. The Kier molecular flexibility index (Phi) is 15.8. The molecule has 328 valence electrons. The van der Waals surface area contributed by atoms with E-state index in [1.165, 1.54) is 12.8 Å². The quantitative estimate of drug-likeness (QED) is 0.0230. The van der Waals surface area contributed by atoms with E-state index in [4.69, 9.17) is 27.8 Å². The highest BCUT2D eigenvalue weighted by atomic mass is 16.5. The minimum Gasteiger partial charge on any atom is -0.490 e. The van der Waals surface area contributed by atoms with Crippen molar-refractivity contribution >= 4 is 43.5 Å². The first-order valence-electron chi connectivity index (χ1n) is 23.5. The van der Waals surface area contributed by atoms with Gasteiger partial charge in [-0.25, -0.2) is 9.59 Å². The van der Waals surface area contributed by atoms with Gasteiger partial charge in [0.2, 0.25) is 0 Å². The average Bonchev–Trinajstić information content (AvgIpc) is 3.28. The lowest BCUT2D eigenvalue weighted by atomic mass is 9.87. The summed E-state index contributed by atoms with van der Waals surface area (Å²) in [6.07, 6.45) is 17.4. The lowest BCUT2D eigenvalue weighted by Crippen LogP contribution is -2.09. The smallest absolute Gasteiger partial charge is 0.344 e. The van der Waals surface area contributed by atoms with Gasteiger partial charge in [-0.2, -0.15) is 0 Å². The van der Waals surface area contributed by atoms with Crippen LogP contribution in [0.15, 0.2) is 91.2 Å². The van der Waals surface area contributed by atoms with E-state index in [0.717, 1.165) is 122 Å². The van der Waals surface area contributed by atoms with Crippen molar-refractivity contribution in [2.45, 2.75) is 130 Å². The molecule has 0 saturated heterocycles. The van der Waals surface area contributed by atoms with Gasteiger partial charge >= 0.3 is 11.3 Å². The summed E-state index contributed by atoms with van der Waals surface area (Å²) in [5.41, 5.74) is 2.12. The zero-order valence-corrected chi connectivity index (χ0v) is 37.3. The number of rotatable bonds is 26. The minimum atomic E-state index is -0.462. The summed E-state index contributed by atoms with van der Waals surface area (Å²) in [5.74, 6) is 2.54. The third kappa shape index (κ3) is 10.1. The van der Waals surface area contributed by atoms with E-state index in [9.17, 15) is 9.59 Å². The molecule has 2 aromatic heterocycles. The lowest BCUT2D eigenvalue weighted by molar-refractivity contribution is 0.259. The van der Waals surface area contributed by atoms with E-state index in [1.807, 2.05) is 72.8 Å². The molecule has 0 saturated carbocycles. The Labute approximate surface area is 365 Å². The Hall–Kier alpha value is -5.50. The summed E-state index contributed by atoms with van der Waals surface area (Å²) < 4.78 is 37.8. The Morgan fingerprint density at radius 1 is 0.387 bits per heavy atom. The van der Waals surface area contributed by atoms with E-state index in [0.29, 0.717) is 82.8 Å². The predicted molar refractivity (Wildman–Crippen MR) is 254 cm³/mol. The summed E-state index contributed by atoms with van der Waals surface area (Å²) in [6.45, 7) is 11.1. The van der Waals surface area contributed by atoms with Crippen molar-refractivity contribution in [1.82, 2.24) is 0 Å². The number of benzene rings is 5. The van der Waals surface area contributed by atoms with E-state index in [2.05, 4.69) is 27.7 Å². The van der Waals surface area contributed by atoms with Crippen LogP contribution in [0.3, 0.4) is 0 Å². The van der Waals surface area contributed by atoms with Gasteiger partial charge in [-0.15, -0.1) is 0 Å². The Balaban J connectivity index is 1.38. The Morgan fingerprint density at radius 3 is 1.10 bits per heavy atom. The number of hydrogen-bond acceptors (Lipinski definition) is 8. The second kappa shape index (κ2) is 22.0. The second-order valence-electron chi connectivity index (χ2n) is 16.6. The van der Waals surface area contributed by atoms with E-state index < -0.39 is 11.3 Å². The molecule has 0 bridgehead atoms. The first-order chi connectivity index (χ1) is 30.5. The third-order valence-corrected chi connectivity index (χ3v) is 11.9. The van der Waals surface area contributed by atoms with Gasteiger partial charge in [0.1, 0.15) is 11.2 Å². The van der Waals surface area contributed by atoms with Gasteiger partial charge in [-0.3, -0.25) is 0 Å². The summed E-state index contributed by atoms with van der Waals surface area (Å²) >= 11 is 0. The summed E-state index contributed by atoms with van der Waals surface area (Å²) in [4.78, 5) is 28.7. The summed E-state index contributed by atoms with van der Waals surface area (Å²) in [6, 6.07) is 22.9. The number of fused-ring (bicyclic) bond motifs is 2. The van der Waals surface area contributed by atoms with Crippen molar-refractivity contribution in [3.63, 3.8) is 0 Å². The van der Waals surface area contributed by atoms with E-state index in [-0.39, 0.29) is 0 Å². The van der Waals surface area contributed by atoms with Crippen LogP contribution >= 0.6 is 0 Å². The van der Waals surface area contributed by atoms with Gasteiger partial charge < -0.3 is 27.8 Å². The number of unbranched alkanes of at least 4 members (excludes halogenated alkanes) is 12. The largest absolute Gasteiger partial charge is 0.490 e. The first-order valence-corrected chi connectivity index (χ1v) is 23.5. The van der Waals surface area contributed by atoms with Crippen molar-refractivity contribution in [2.75, 3.05) is 26.4 Å². The molecule has 0 atom stereocenters. The van der Waals surface area contributed by atoms with Crippen LogP contribution in [0.4, 0.5) is 0 Å². The van der Waals surface area contributed by atoms with Crippen molar-refractivity contribution in [1.29, 1.82) is 0 Å². The van der Waals surface area contributed by atoms with Gasteiger partial charge in [0.25, 0.3) is 0 Å².